The van der Waals surface area contributed by atoms with Crippen LogP contribution in [0.1, 0.15) is 98.8 Å². The smallest absolute Gasteiger partial charge is 0.340 e. The molecule has 252 valence electrons. The Bertz CT molecular complexity index is 1620. The van der Waals surface area contributed by atoms with Crippen molar-refractivity contribution in [3.05, 3.63) is 80.1 Å². The summed E-state index contributed by atoms with van der Waals surface area (Å²) >= 11 is 13.5. The zero-order chi connectivity index (χ0) is 34.1. The molecule has 1 fully saturated rings. The van der Waals surface area contributed by atoms with Crippen molar-refractivity contribution in [3.63, 3.8) is 0 Å². The van der Waals surface area contributed by atoms with Gasteiger partial charge < -0.3 is 14.4 Å². The molecule has 0 saturated carbocycles. The summed E-state index contributed by atoms with van der Waals surface area (Å²) in [5.41, 5.74) is 7.23. The molecule has 0 unspecified atom stereocenters. The Labute approximate surface area is 289 Å². The second kappa shape index (κ2) is 14.3. The molecule has 2 aliphatic rings. The highest BCUT2D eigenvalue weighted by Crippen LogP contribution is 2.46. The molecular weight excluding hydrogens is 633 g/mol. The minimum atomic E-state index is -1.13. The number of carbonyl (C=O) groups is 2. The Hall–Kier alpha value is -2.97. The van der Waals surface area contributed by atoms with Crippen molar-refractivity contribution in [3.8, 4) is 11.1 Å². The van der Waals surface area contributed by atoms with E-state index in [0.29, 0.717) is 11.1 Å². The summed E-state index contributed by atoms with van der Waals surface area (Å²) < 4.78 is 11.9. The first-order chi connectivity index (χ1) is 22.2. The molecule has 9 heteroatoms. The second-order valence-electron chi connectivity index (χ2n) is 14.5. The number of halogens is 2. The van der Waals surface area contributed by atoms with E-state index in [2.05, 4.69) is 59.8 Å². The first-order valence-corrected chi connectivity index (χ1v) is 17.3. The van der Waals surface area contributed by atoms with Crippen LogP contribution >= 0.6 is 23.2 Å². The molecule has 1 aromatic heterocycles. The molecule has 0 N–H and O–H groups in total. The van der Waals surface area contributed by atoms with Gasteiger partial charge in [-0.05, 0) is 93.2 Å². The number of carbonyl (C=O) groups excluding carboxylic acids is 2. The summed E-state index contributed by atoms with van der Waals surface area (Å²) in [6.45, 7) is 18.2. The number of aldehydes is 1. The van der Waals surface area contributed by atoms with Gasteiger partial charge in [-0.15, -0.1) is 0 Å². The predicted molar refractivity (Wildman–Crippen MR) is 190 cm³/mol. The van der Waals surface area contributed by atoms with Crippen molar-refractivity contribution < 1.29 is 19.1 Å². The molecule has 3 aromatic rings. The largest absolute Gasteiger partial charge is 0.464 e. The fourth-order valence-corrected chi connectivity index (χ4v) is 7.19. The molecule has 47 heavy (non-hydrogen) atoms. The molecule has 0 bridgehead atoms. The number of fused-ring (bicyclic) bond motifs is 1. The molecule has 0 radical (unpaired) electrons. The van der Waals surface area contributed by atoms with Gasteiger partial charge in [0, 0.05) is 43.3 Å². The zero-order valence-corrected chi connectivity index (χ0v) is 30.2. The lowest BCUT2D eigenvalue weighted by molar-refractivity contribution is -0.166. The molecule has 0 amide bonds. The molecule has 5 rings (SSSR count). The van der Waals surface area contributed by atoms with Crippen LogP contribution in [-0.4, -0.2) is 54.0 Å². The van der Waals surface area contributed by atoms with Crippen molar-refractivity contribution in [1.82, 2.24) is 9.88 Å². The zero-order valence-electron chi connectivity index (χ0n) is 28.7. The number of esters is 1. The van der Waals surface area contributed by atoms with Crippen LogP contribution in [0, 0.1) is 12.3 Å². The average molecular weight is 681 g/mol. The monoisotopic (exact) mass is 679 g/mol. The third-order valence-electron chi connectivity index (χ3n) is 9.29. The summed E-state index contributed by atoms with van der Waals surface area (Å²) in [6.07, 6.45) is 2.37. The van der Waals surface area contributed by atoms with Crippen LogP contribution in [0.25, 0.3) is 11.1 Å². The topological polar surface area (TPSA) is 72.0 Å². The third kappa shape index (κ3) is 8.02. The molecule has 1 saturated heterocycles. The molecule has 2 aromatic carbocycles. The van der Waals surface area contributed by atoms with Gasteiger partial charge >= 0.3 is 5.97 Å². The van der Waals surface area contributed by atoms with Crippen molar-refractivity contribution in [1.29, 1.82) is 0 Å². The quantitative estimate of drug-likeness (QED) is 0.127. The maximum atomic E-state index is 13.6. The summed E-state index contributed by atoms with van der Waals surface area (Å²) in [5.74, 6) is -0.534. The first kappa shape index (κ1) is 35.3. The predicted octanol–water partition coefficient (Wildman–Crippen LogP) is 8.78. The summed E-state index contributed by atoms with van der Waals surface area (Å²) in [6, 6.07) is 12.4. The number of anilines is 1. The fourth-order valence-electron chi connectivity index (χ4n) is 6.63. The number of benzene rings is 2. The van der Waals surface area contributed by atoms with Crippen molar-refractivity contribution >= 4 is 41.1 Å². The Kier molecular flexibility index (Phi) is 10.7. The van der Waals surface area contributed by atoms with E-state index in [4.69, 9.17) is 32.7 Å². The highest BCUT2D eigenvalue weighted by atomic mass is 35.5. The Morgan fingerprint density at radius 1 is 1.09 bits per heavy atom. The average Bonchev–Trinajstić information content (AvgIpc) is 3.01. The molecule has 2 aliphatic heterocycles. The minimum absolute atomic E-state index is 0.0708. The van der Waals surface area contributed by atoms with E-state index in [0.717, 1.165) is 80.1 Å². The van der Waals surface area contributed by atoms with Crippen LogP contribution in [0.2, 0.25) is 10.2 Å². The van der Waals surface area contributed by atoms with Gasteiger partial charge in [0.25, 0.3) is 0 Å². The molecule has 3 heterocycles. The lowest BCUT2D eigenvalue weighted by Gasteiger charge is -2.41. The van der Waals surface area contributed by atoms with Crippen molar-refractivity contribution in [2.45, 2.75) is 92.5 Å². The number of nitrogens with zero attached hydrogens (tertiary/aromatic N) is 3. The van der Waals surface area contributed by atoms with Gasteiger partial charge in [-0.3, -0.25) is 9.69 Å². The Morgan fingerprint density at radius 3 is 2.45 bits per heavy atom. The van der Waals surface area contributed by atoms with E-state index in [9.17, 15) is 9.59 Å². The second-order valence-corrected chi connectivity index (χ2v) is 15.3. The number of aromatic nitrogens is 1. The summed E-state index contributed by atoms with van der Waals surface area (Å²) in [4.78, 5) is 35.6. The number of pyridine rings is 1. The normalized spacial score (nSPS) is 17.3. The van der Waals surface area contributed by atoms with E-state index in [1.165, 1.54) is 16.7 Å². The lowest BCUT2D eigenvalue weighted by Crippen LogP contribution is -2.39. The van der Waals surface area contributed by atoms with Gasteiger partial charge in [-0.2, -0.15) is 0 Å². The highest BCUT2D eigenvalue weighted by molar-refractivity contribution is 6.31. The van der Waals surface area contributed by atoms with Crippen LogP contribution in [0.3, 0.4) is 0 Å². The number of hydrogen-bond donors (Lipinski definition) is 0. The van der Waals surface area contributed by atoms with Gasteiger partial charge in [-0.1, -0.05) is 67.4 Å². The maximum Gasteiger partial charge on any atom is 0.340 e. The van der Waals surface area contributed by atoms with E-state index in [-0.39, 0.29) is 22.9 Å². The van der Waals surface area contributed by atoms with Crippen LogP contribution in [0.5, 0.6) is 0 Å². The van der Waals surface area contributed by atoms with Crippen LogP contribution < -0.4 is 4.90 Å². The van der Waals surface area contributed by atoms with Gasteiger partial charge in [0.2, 0.25) is 0 Å². The minimum Gasteiger partial charge on any atom is -0.464 e. The maximum absolute atomic E-state index is 13.6. The van der Waals surface area contributed by atoms with Gasteiger partial charge in [0.05, 0.1) is 23.5 Å². The SMILES string of the molecule is CCOC(=O)[C@@H](OC(C)(C)C)c1c(Cl)nc(C=O)c(-c2ccc3c(c2)CCN(Cc2c(C)cccc2Cl)C3)c1N1CCC(C)(C)CC1. The standard InChI is InChI=1S/C38H47Cl2N3O4/c1-8-46-36(45)34(47-37(3,4)5)32-33(43-18-15-38(6,7)16-19-43)31(30(23-44)41-35(32)40)26-12-13-27-21-42(17-14-25(27)20-26)22-28-24(2)10-9-11-29(28)39/h9-13,20,23,34H,8,14-19,21-22H2,1-7H3/t34-/m0/s1. The first-order valence-electron chi connectivity index (χ1n) is 16.6. The van der Waals surface area contributed by atoms with E-state index in [1.807, 2.05) is 32.9 Å². The fraction of sp³-hybridized carbons (Fsp3) is 0.500. The molecule has 7 nitrogen and oxygen atoms in total. The van der Waals surface area contributed by atoms with Gasteiger partial charge in [0.15, 0.2) is 12.4 Å². The Balaban J connectivity index is 1.62. The summed E-state index contributed by atoms with van der Waals surface area (Å²) in [7, 11) is 0. The number of ether oxygens (including phenoxy) is 2. The number of hydrogen-bond acceptors (Lipinski definition) is 7. The third-order valence-corrected chi connectivity index (χ3v) is 9.93. The highest BCUT2D eigenvalue weighted by Gasteiger charge is 2.38. The number of rotatable bonds is 9. The number of piperidine rings is 1. The van der Waals surface area contributed by atoms with Crippen molar-refractivity contribution in [2.24, 2.45) is 5.41 Å². The van der Waals surface area contributed by atoms with Crippen LogP contribution in [0.4, 0.5) is 5.69 Å². The number of aryl methyl sites for hydroxylation is 1. The Morgan fingerprint density at radius 2 is 1.81 bits per heavy atom. The molecule has 0 spiro atoms. The van der Waals surface area contributed by atoms with Crippen LogP contribution in [-0.2, 0) is 33.8 Å². The van der Waals surface area contributed by atoms with E-state index in [1.54, 1.807) is 6.92 Å². The van der Waals surface area contributed by atoms with Crippen LogP contribution in [0.15, 0.2) is 36.4 Å². The van der Waals surface area contributed by atoms with Gasteiger partial charge in [0.1, 0.15) is 10.8 Å². The molecule has 1 atom stereocenters. The molecular formula is C38H47Cl2N3O4. The van der Waals surface area contributed by atoms with Gasteiger partial charge in [-0.25, -0.2) is 9.78 Å². The van der Waals surface area contributed by atoms with E-state index < -0.39 is 17.7 Å². The van der Waals surface area contributed by atoms with E-state index >= 15 is 0 Å². The van der Waals surface area contributed by atoms with Crippen molar-refractivity contribution in [2.75, 3.05) is 31.1 Å². The molecule has 0 aliphatic carbocycles. The lowest BCUT2D eigenvalue weighted by atomic mass is 9.82. The summed E-state index contributed by atoms with van der Waals surface area (Å²) in [5, 5.41) is 0.866.